The average Bonchev–Trinajstić information content (AvgIpc) is 2.79. The molecule has 0 spiro atoms. The van der Waals surface area contributed by atoms with Gasteiger partial charge in [-0.25, -0.2) is 0 Å². The Labute approximate surface area is 140 Å². The van der Waals surface area contributed by atoms with E-state index in [4.69, 9.17) is 0 Å². The molecule has 1 aromatic carbocycles. The first-order valence-corrected chi connectivity index (χ1v) is 8.13. The number of hydroxylamine groups is 2. The van der Waals surface area contributed by atoms with Crippen molar-refractivity contribution in [2.75, 3.05) is 0 Å². The molecular weight excluding hydrogens is 296 g/mol. The molecule has 2 N–H and O–H groups in total. The molecule has 0 saturated carbocycles. The molecule has 3 rings (SSSR count). The fraction of sp³-hybridized carbons (Fsp3) is 0.667. The van der Waals surface area contributed by atoms with E-state index < -0.39 is 0 Å². The van der Waals surface area contributed by atoms with E-state index in [-0.39, 0.29) is 23.5 Å². The molecular formula is C18H29ClN2O. The van der Waals surface area contributed by atoms with Crippen LogP contribution >= 0.6 is 12.4 Å². The van der Waals surface area contributed by atoms with E-state index in [0.29, 0.717) is 12.1 Å². The van der Waals surface area contributed by atoms with E-state index in [2.05, 4.69) is 57.3 Å². The third-order valence-corrected chi connectivity index (χ3v) is 5.21. The number of piperidine rings is 1. The number of nitrogens with one attached hydrogen (secondary N) is 1. The van der Waals surface area contributed by atoms with Crippen LogP contribution in [0.2, 0.25) is 0 Å². The smallest absolute Gasteiger partial charge is 0.0425 e. The molecule has 1 heterocycles. The molecule has 0 bridgehead atoms. The Hall–Kier alpha value is -0.610. The zero-order valence-corrected chi connectivity index (χ0v) is 14.9. The normalized spacial score (nSPS) is 27.2. The number of benzene rings is 1. The average molecular weight is 325 g/mol. The molecule has 0 radical (unpaired) electrons. The molecule has 4 heteroatoms. The van der Waals surface area contributed by atoms with Crippen LogP contribution in [-0.2, 0) is 6.42 Å². The first-order valence-electron chi connectivity index (χ1n) is 8.13. The standard InChI is InChI=1S/C18H28N2O.ClH/c1-17(2)11-14(12-18(3,4)20(17)21)19-16-10-9-13-7-5-6-8-15(13)16;/h5-8,14,16,19,21H,9-12H2,1-4H3;1H. The second-order valence-corrected chi connectivity index (χ2v) is 8.00. The summed E-state index contributed by atoms with van der Waals surface area (Å²) < 4.78 is 0. The lowest BCUT2D eigenvalue weighted by Crippen LogP contribution is -2.62. The van der Waals surface area contributed by atoms with E-state index in [1.807, 2.05) is 0 Å². The minimum atomic E-state index is -0.183. The summed E-state index contributed by atoms with van der Waals surface area (Å²) in [6.45, 7) is 8.52. The fourth-order valence-electron chi connectivity index (χ4n) is 4.40. The highest BCUT2D eigenvalue weighted by molar-refractivity contribution is 5.85. The summed E-state index contributed by atoms with van der Waals surface area (Å²) in [5, 5.41) is 15.8. The molecule has 124 valence electrons. The highest BCUT2D eigenvalue weighted by atomic mass is 35.5. The molecule has 1 aromatic rings. The Morgan fingerprint density at radius 1 is 1.09 bits per heavy atom. The maximum atomic E-state index is 10.4. The molecule has 3 nitrogen and oxygen atoms in total. The molecule has 0 aromatic heterocycles. The summed E-state index contributed by atoms with van der Waals surface area (Å²) >= 11 is 0. The van der Waals surface area contributed by atoms with E-state index >= 15 is 0 Å². The van der Waals surface area contributed by atoms with Crippen molar-refractivity contribution in [1.82, 2.24) is 10.4 Å². The summed E-state index contributed by atoms with van der Waals surface area (Å²) in [4.78, 5) is 0. The van der Waals surface area contributed by atoms with Crippen molar-refractivity contribution in [3.8, 4) is 0 Å². The van der Waals surface area contributed by atoms with Gasteiger partial charge >= 0.3 is 0 Å². The maximum absolute atomic E-state index is 10.4. The minimum Gasteiger partial charge on any atom is -0.313 e. The van der Waals surface area contributed by atoms with Gasteiger partial charge in [-0.3, -0.25) is 0 Å². The van der Waals surface area contributed by atoms with Crippen molar-refractivity contribution < 1.29 is 5.21 Å². The lowest BCUT2D eigenvalue weighted by molar-refractivity contribution is -0.246. The third kappa shape index (κ3) is 3.18. The second kappa shape index (κ2) is 6.12. The third-order valence-electron chi connectivity index (χ3n) is 5.21. The minimum absolute atomic E-state index is 0. The van der Waals surface area contributed by atoms with Crippen LogP contribution in [0.4, 0.5) is 0 Å². The predicted molar refractivity (Wildman–Crippen MR) is 92.7 cm³/mol. The van der Waals surface area contributed by atoms with Gasteiger partial charge in [0.2, 0.25) is 0 Å². The molecule has 22 heavy (non-hydrogen) atoms. The Bertz CT molecular complexity index is 512. The van der Waals surface area contributed by atoms with Crippen LogP contribution in [0.5, 0.6) is 0 Å². The Kier molecular flexibility index (Phi) is 4.94. The molecule has 1 saturated heterocycles. The van der Waals surface area contributed by atoms with Crippen molar-refractivity contribution in [2.24, 2.45) is 0 Å². The molecule has 1 atom stereocenters. The van der Waals surface area contributed by atoms with Crippen molar-refractivity contribution >= 4 is 12.4 Å². The number of rotatable bonds is 2. The molecule has 1 aliphatic carbocycles. The Balaban J connectivity index is 0.00000176. The molecule has 1 unspecified atom stereocenters. The van der Waals surface area contributed by atoms with Gasteiger partial charge < -0.3 is 10.5 Å². The van der Waals surface area contributed by atoms with Gasteiger partial charge in [0.05, 0.1) is 0 Å². The van der Waals surface area contributed by atoms with Gasteiger partial charge in [0.15, 0.2) is 0 Å². The van der Waals surface area contributed by atoms with Crippen LogP contribution in [0.15, 0.2) is 24.3 Å². The summed E-state index contributed by atoms with van der Waals surface area (Å²) in [5.74, 6) is 0. The van der Waals surface area contributed by atoms with Crippen molar-refractivity contribution in [2.45, 2.75) is 76.5 Å². The number of hydrogen-bond donors (Lipinski definition) is 2. The Morgan fingerprint density at radius 3 is 2.32 bits per heavy atom. The largest absolute Gasteiger partial charge is 0.313 e. The number of hydrogen-bond acceptors (Lipinski definition) is 3. The van der Waals surface area contributed by atoms with Crippen LogP contribution in [0, 0.1) is 0 Å². The fourth-order valence-corrected chi connectivity index (χ4v) is 4.40. The second-order valence-electron chi connectivity index (χ2n) is 8.00. The number of fused-ring (bicyclic) bond motifs is 1. The summed E-state index contributed by atoms with van der Waals surface area (Å²) in [6.07, 6.45) is 4.33. The molecule has 1 aliphatic heterocycles. The van der Waals surface area contributed by atoms with Crippen LogP contribution < -0.4 is 5.32 Å². The van der Waals surface area contributed by atoms with Gasteiger partial charge in [0, 0.05) is 23.2 Å². The lowest BCUT2D eigenvalue weighted by atomic mass is 9.78. The van der Waals surface area contributed by atoms with Crippen LogP contribution in [0.1, 0.15) is 64.1 Å². The zero-order valence-electron chi connectivity index (χ0n) is 14.1. The van der Waals surface area contributed by atoms with Gasteiger partial charge in [-0.2, -0.15) is 5.06 Å². The summed E-state index contributed by atoms with van der Waals surface area (Å²) in [7, 11) is 0. The highest BCUT2D eigenvalue weighted by Crippen LogP contribution is 2.39. The van der Waals surface area contributed by atoms with Crippen molar-refractivity contribution in [3.63, 3.8) is 0 Å². The number of halogens is 1. The highest BCUT2D eigenvalue weighted by Gasteiger charge is 2.45. The van der Waals surface area contributed by atoms with Crippen LogP contribution in [0.3, 0.4) is 0 Å². The number of nitrogens with zero attached hydrogens (tertiary/aromatic N) is 1. The van der Waals surface area contributed by atoms with E-state index in [1.54, 1.807) is 5.06 Å². The SMILES string of the molecule is CC1(C)CC(NC2CCc3ccccc32)CC(C)(C)N1O.Cl. The van der Waals surface area contributed by atoms with Gasteiger partial charge in [0.25, 0.3) is 0 Å². The topological polar surface area (TPSA) is 35.5 Å². The first-order chi connectivity index (χ1) is 9.79. The Morgan fingerprint density at radius 2 is 1.68 bits per heavy atom. The lowest BCUT2D eigenvalue weighted by Gasteiger charge is -2.52. The predicted octanol–water partition coefficient (Wildman–Crippen LogP) is 4.10. The van der Waals surface area contributed by atoms with E-state index in [1.165, 1.54) is 24.0 Å². The summed E-state index contributed by atoms with van der Waals surface area (Å²) in [5.41, 5.74) is 2.60. The molecule has 2 aliphatic rings. The van der Waals surface area contributed by atoms with E-state index in [9.17, 15) is 5.21 Å². The van der Waals surface area contributed by atoms with Gasteiger partial charge in [-0.1, -0.05) is 24.3 Å². The zero-order chi connectivity index (χ0) is 15.3. The molecule has 1 fully saturated rings. The van der Waals surface area contributed by atoms with Gasteiger partial charge in [-0.15, -0.1) is 12.4 Å². The van der Waals surface area contributed by atoms with Gasteiger partial charge in [-0.05, 0) is 64.5 Å². The summed E-state index contributed by atoms with van der Waals surface area (Å²) in [6, 6.07) is 9.72. The first kappa shape index (κ1) is 17.7. The maximum Gasteiger partial charge on any atom is 0.0425 e. The van der Waals surface area contributed by atoms with Gasteiger partial charge in [0.1, 0.15) is 0 Å². The van der Waals surface area contributed by atoms with Crippen LogP contribution in [0.25, 0.3) is 0 Å². The van der Waals surface area contributed by atoms with E-state index in [0.717, 1.165) is 12.8 Å². The monoisotopic (exact) mass is 324 g/mol. The van der Waals surface area contributed by atoms with Crippen LogP contribution in [-0.4, -0.2) is 27.4 Å². The molecule has 0 amide bonds. The van der Waals surface area contributed by atoms with Crippen molar-refractivity contribution in [3.05, 3.63) is 35.4 Å². The number of aryl methyl sites for hydroxylation is 1. The quantitative estimate of drug-likeness (QED) is 0.860. The van der Waals surface area contributed by atoms with Crippen molar-refractivity contribution in [1.29, 1.82) is 0 Å².